The Morgan fingerprint density at radius 1 is 1.00 bits per heavy atom. The van der Waals surface area contributed by atoms with E-state index in [0.717, 1.165) is 0 Å². The van der Waals surface area contributed by atoms with Crippen LogP contribution in [0.4, 0.5) is 0 Å². The number of rotatable bonds is 7. The first-order valence-electron chi connectivity index (χ1n) is 7.59. The molecule has 0 aliphatic heterocycles. The maximum absolute atomic E-state index is 3.84. The molecule has 2 heteroatoms. The molecule has 0 radical (unpaired) electrons. The van der Waals surface area contributed by atoms with Gasteiger partial charge in [-0.2, -0.15) is 11.3 Å². The third-order valence-electron chi connectivity index (χ3n) is 4.15. The van der Waals surface area contributed by atoms with Gasteiger partial charge in [0.05, 0.1) is 0 Å². The van der Waals surface area contributed by atoms with Crippen LogP contribution >= 0.6 is 11.3 Å². The Hall–Kier alpha value is -1.12. The molecule has 0 saturated carbocycles. The molecule has 20 heavy (non-hydrogen) atoms. The average Bonchev–Trinajstić information content (AvgIpc) is 3.02. The van der Waals surface area contributed by atoms with E-state index in [0.29, 0.717) is 18.0 Å². The number of hydrogen-bond donors (Lipinski definition) is 1. The zero-order valence-corrected chi connectivity index (χ0v) is 13.5. The first kappa shape index (κ1) is 15.3. The second-order valence-corrected chi connectivity index (χ2v) is 6.19. The molecule has 1 nitrogen and oxygen atoms in total. The zero-order valence-electron chi connectivity index (χ0n) is 12.7. The SMILES string of the molecule is CCC(CC)C(NC(C)c1ccsc1)c1ccccc1. The molecule has 1 heterocycles. The molecule has 108 valence electrons. The van der Waals surface area contributed by atoms with Crippen molar-refractivity contribution >= 4 is 11.3 Å². The van der Waals surface area contributed by atoms with Crippen LogP contribution in [-0.2, 0) is 0 Å². The Balaban J connectivity index is 2.18. The monoisotopic (exact) mass is 287 g/mol. The molecule has 1 aromatic heterocycles. The highest BCUT2D eigenvalue weighted by Crippen LogP contribution is 2.30. The summed E-state index contributed by atoms with van der Waals surface area (Å²) in [6, 6.07) is 13.9. The normalized spacial score (nSPS) is 14.4. The van der Waals surface area contributed by atoms with Crippen LogP contribution in [0.25, 0.3) is 0 Å². The van der Waals surface area contributed by atoms with Gasteiger partial charge in [-0.1, -0.05) is 57.0 Å². The standard InChI is InChI=1S/C18H25NS/c1-4-15(5-2)18(16-9-7-6-8-10-16)19-14(3)17-11-12-20-13-17/h6-15,18-19H,4-5H2,1-3H3. The van der Waals surface area contributed by atoms with Gasteiger partial charge in [0, 0.05) is 12.1 Å². The predicted molar refractivity (Wildman–Crippen MR) is 89.1 cm³/mol. The molecule has 0 saturated heterocycles. The lowest BCUT2D eigenvalue weighted by Crippen LogP contribution is -2.30. The predicted octanol–water partition coefficient (Wildman–Crippen LogP) is 5.58. The van der Waals surface area contributed by atoms with Crippen LogP contribution in [0.1, 0.15) is 56.8 Å². The van der Waals surface area contributed by atoms with Crippen molar-refractivity contribution < 1.29 is 0 Å². The molecule has 0 aliphatic rings. The first-order chi connectivity index (χ1) is 9.76. The van der Waals surface area contributed by atoms with Gasteiger partial charge >= 0.3 is 0 Å². The van der Waals surface area contributed by atoms with Crippen LogP contribution in [0.15, 0.2) is 47.2 Å². The van der Waals surface area contributed by atoms with E-state index < -0.39 is 0 Å². The van der Waals surface area contributed by atoms with E-state index in [1.165, 1.54) is 24.0 Å². The van der Waals surface area contributed by atoms with Crippen molar-refractivity contribution in [1.82, 2.24) is 5.32 Å². The Morgan fingerprint density at radius 2 is 1.70 bits per heavy atom. The fourth-order valence-electron chi connectivity index (χ4n) is 2.81. The maximum atomic E-state index is 3.84. The van der Waals surface area contributed by atoms with Crippen molar-refractivity contribution in [3.63, 3.8) is 0 Å². The van der Waals surface area contributed by atoms with E-state index in [2.05, 4.69) is 73.2 Å². The van der Waals surface area contributed by atoms with E-state index >= 15 is 0 Å². The van der Waals surface area contributed by atoms with Gasteiger partial charge in [0.2, 0.25) is 0 Å². The lowest BCUT2D eigenvalue weighted by Gasteiger charge is -2.30. The summed E-state index contributed by atoms with van der Waals surface area (Å²) >= 11 is 1.77. The van der Waals surface area contributed by atoms with E-state index in [1.54, 1.807) is 11.3 Å². The van der Waals surface area contributed by atoms with Crippen molar-refractivity contribution in [3.05, 3.63) is 58.3 Å². The second kappa shape index (κ2) is 7.61. The summed E-state index contributed by atoms with van der Waals surface area (Å²) in [6.07, 6.45) is 2.42. The number of thiophene rings is 1. The van der Waals surface area contributed by atoms with Gasteiger partial charge in [-0.15, -0.1) is 0 Å². The summed E-state index contributed by atoms with van der Waals surface area (Å²) in [5.41, 5.74) is 2.80. The Labute approximate surface area is 127 Å². The minimum absolute atomic E-state index is 0.395. The molecule has 0 spiro atoms. The third kappa shape index (κ3) is 3.71. The minimum Gasteiger partial charge on any atom is -0.303 e. The minimum atomic E-state index is 0.395. The number of hydrogen-bond acceptors (Lipinski definition) is 2. The summed E-state index contributed by atoms with van der Waals surface area (Å²) in [5, 5.41) is 8.24. The van der Waals surface area contributed by atoms with E-state index in [1.807, 2.05) is 0 Å². The topological polar surface area (TPSA) is 12.0 Å². The summed E-state index contributed by atoms with van der Waals surface area (Å²) in [5.74, 6) is 0.679. The Bertz CT molecular complexity index is 473. The van der Waals surface area contributed by atoms with Gasteiger partial charge in [0.1, 0.15) is 0 Å². The van der Waals surface area contributed by atoms with Crippen molar-refractivity contribution in [2.24, 2.45) is 5.92 Å². The molecule has 2 rings (SSSR count). The van der Waals surface area contributed by atoms with Crippen LogP contribution < -0.4 is 5.32 Å². The highest BCUT2D eigenvalue weighted by atomic mass is 32.1. The Morgan fingerprint density at radius 3 is 2.25 bits per heavy atom. The highest BCUT2D eigenvalue weighted by molar-refractivity contribution is 7.07. The zero-order chi connectivity index (χ0) is 14.4. The van der Waals surface area contributed by atoms with Gasteiger partial charge in [-0.25, -0.2) is 0 Å². The number of nitrogens with one attached hydrogen (secondary N) is 1. The van der Waals surface area contributed by atoms with Crippen LogP contribution in [0, 0.1) is 5.92 Å². The van der Waals surface area contributed by atoms with Crippen molar-refractivity contribution in [2.75, 3.05) is 0 Å². The van der Waals surface area contributed by atoms with Gasteiger partial charge in [-0.05, 0) is 40.8 Å². The summed E-state index contributed by atoms with van der Waals surface area (Å²) in [7, 11) is 0. The molecule has 0 amide bonds. The molecule has 1 aromatic carbocycles. The lowest BCUT2D eigenvalue weighted by molar-refractivity contribution is 0.317. The Kier molecular flexibility index (Phi) is 5.81. The fourth-order valence-corrected chi connectivity index (χ4v) is 3.57. The summed E-state index contributed by atoms with van der Waals surface area (Å²) in [4.78, 5) is 0. The molecule has 0 aliphatic carbocycles. The summed E-state index contributed by atoms with van der Waals surface area (Å²) in [6.45, 7) is 6.85. The molecule has 0 fully saturated rings. The van der Waals surface area contributed by atoms with Crippen molar-refractivity contribution in [1.29, 1.82) is 0 Å². The van der Waals surface area contributed by atoms with E-state index in [4.69, 9.17) is 0 Å². The van der Waals surface area contributed by atoms with Gasteiger partial charge < -0.3 is 5.32 Å². The fraction of sp³-hybridized carbons (Fsp3) is 0.444. The van der Waals surface area contributed by atoms with E-state index in [-0.39, 0.29) is 0 Å². The maximum Gasteiger partial charge on any atom is 0.0353 e. The van der Waals surface area contributed by atoms with Crippen molar-refractivity contribution in [3.8, 4) is 0 Å². The van der Waals surface area contributed by atoms with Gasteiger partial charge in [-0.3, -0.25) is 0 Å². The lowest BCUT2D eigenvalue weighted by atomic mass is 9.88. The molecular weight excluding hydrogens is 262 g/mol. The van der Waals surface area contributed by atoms with Crippen LogP contribution in [0.5, 0.6) is 0 Å². The van der Waals surface area contributed by atoms with Crippen LogP contribution in [0.3, 0.4) is 0 Å². The van der Waals surface area contributed by atoms with Gasteiger partial charge in [0.25, 0.3) is 0 Å². The van der Waals surface area contributed by atoms with Crippen LogP contribution in [0.2, 0.25) is 0 Å². The van der Waals surface area contributed by atoms with E-state index in [9.17, 15) is 0 Å². The van der Waals surface area contributed by atoms with Crippen LogP contribution in [-0.4, -0.2) is 0 Å². The highest BCUT2D eigenvalue weighted by Gasteiger charge is 2.22. The molecular formula is C18H25NS. The molecule has 2 aromatic rings. The second-order valence-electron chi connectivity index (χ2n) is 5.41. The third-order valence-corrected chi connectivity index (χ3v) is 4.85. The first-order valence-corrected chi connectivity index (χ1v) is 8.53. The quantitative estimate of drug-likeness (QED) is 0.701. The largest absolute Gasteiger partial charge is 0.303 e. The molecule has 2 atom stereocenters. The molecule has 2 unspecified atom stereocenters. The average molecular weight is 287 g/mol. The summed E-state index contributed by atoms with van der Waals surface area (Å²) < 4.78 is 0. The smallest absolute Gasteiger partial charge is 0.0353 e. The van der Waals surface area contributed by atoms with Gasteiger partial charge in [0.15, 0.2) is 0 Å². The van der Waals surface area contributed by atoms with Crippen molar-refractivity contribution in [2.45, 2.75) is 45.7 Å². The molecule has 1 N–H and O–H groups in total. The number of benzene rings is 1. The molecule has 0 bridgehead atoms.